The highest BCUT2D eigenvalue weighted by Crippen LogP contribution is 2.24. The highest BCUT2D eigenvalue weighted by Gasteiger charge is 2.07. The molecule has 0 atom stereocenters. The van der Waals surface area contributed by atoms with E-state index in [4.69, 9.17) is 10.5 Å². The molecule has 2 aromatic carbocycles. The van der Waals surface area contributed by atoms with E-state index in [9.17, 15) is 0 Å². The zero-order valence-corrected chi connectivity index (χ0v) is 10.5. The van der Waals surface area contributed by atoms with Gasteiger partial charge in [0.2, 0.25) is 5.88 Å². The van der Waals surface area contributed by atoms with Gasteiger partial charge in [0, 0.05) is 5.69 Å². The van der Waals surface area contributed by atoms with Gasteiger partial charge >= 0.3 is 0 Å². The number of nitrogen functional groups attached to an aromatic ring is 1. The molecule has 0 aliphatic carbocycles. The number of fused-ring (bicyclic) bond motifs is 1. The smallest absolute Gasteiger partial charge is 0.241 e. The summed E-state index contributed by atoms with van der Waals surface area (Å²) in [5.74, 6) is 1.21. The van der Waals surface area contributed by atoms with E-state index in [1.165, 1.54) is 0 Å². The van der Waals surface area contributed by atoms with Crippen molar-refractivity contribution in [3.8, 4) is 11.6 Å². The maximum absolute atomic E-state index is 5.74. The van der Waals surface area contributed by atoms with Crippen molar-refractivity contribution in [1.29, 1.82) is 0 Å². The summed E-state index contributed by atoms with van der Waals surface area (Å²) in [6.07, 6.45) is 0. The zero-order valence-electron chi connectivity index (χ0n) is 10.5. The Hall–Kier alpha value is -2.62. The van der Waals surface area contributed by atoms with Crippen LogP contribution in [0.1, 0.15) is 5.69 Å². The second-order valence-corrected chi connectivity index (χ2v) is 4.27. The molecule has 94 valence electrons. The average molecular weight is 251 g/mol. The normalized spacial score (nSPS) is 10.6. The first-order valence-electron chi connectivity index (χ1n) is 5.99. The van der Waals surface area contributed by atoms with E-state index in [1.54, 1.807) is 12.1 Å². The molecule has 2 N–H and O–H groups in total. The molecule has 4 heteroatoms. The molecule has 3 rings (SSSR count). The molecule has 0 amide bonds. The van der Waals surface area contributed by atoms with Crippen molar-refractivity contribution in [2.75, 3.05) is 5.73 Å². The number of hydrogen-bond donors (Lipinski definition) is 1. The molecule has 0 unspecified atom stereocenters. The predicted octanol–water partition coefficient (Wildman–Crippen LogP) is 3.31. The summed E-state index contributed by atoms with van der Waals surface area (Å²) < 4.78 is 5.74. The Labute approximate surface area is 110 Å². The van der Waals surface area contributed by atoms with E-state index >= 15 is 0 Å². The lowest BCUT2D eigenvalue weighted by molar-refractivity contribution is 0.458. The van der Waals surface area contributed by atoms with Gasteiger partial charge in [0.25, 0.3) is 0 Å². The molecule has 0 saturated carbocycles. The molecule has 0 aliphatic rings. The minimum absolute atomic E-state index is 0.517. The molecule has 0 radical (unpaired) electrons. The quantitative estimate of drug-likeness (QED) is 0.710. The Bertz CT molecular complexity index is 723. The van der Waals surface area contributed by atoms with Crippen LogP contribution in [0.2, 0.25) is 0 Å². The number of nitrogens with zero attached hydrogens (tertiary/aromatic N) is 2. The van der Waals surface area contributed by atoms with Crippen LogP contribution in [-0.4, -0.2) is 9.97 Å². The lowest BCUT2D eigenvalue weighted by atomic mass is 10.3. The van der Waals surface area contributed by atoms with Crippen molar-refractivity contribution in [3.05, 3.63) is 54.2 Å². The van der Waals surface area contributed by atoms with E-state index in [2.05, 4.69) is 9.97 Å². The number of nitrogens with two attached hydrogens (primary N) is 1. The van der Waals surface area contributed by atoms with Crippen LogP contribution in [0.3, 0.4) is 0 Å². The summed E-state index contributed by atoms with van der Waals surface area (Å²) in [4.78, 5) is 8.95. The molecule has 0 aliphatic heterocycles. The number of hydrogen-bond acceptors (Lipinski definition) is 4. The maximum Gasteiger partial charge on any atom is 0.241 e. The van der Waals surface area contributed by atoms with Gasteiger partial charge in [0.1, 0.15) is 11.4 Å². The van der Waals surface area contributed by atoms with E-state index in [0.717, 1.165) is 16.7 Å². The first-order chi connectivity index (χ1) is 9.22. The second kappa shape index (κ2) is 4.57. The van der Waals surface area contributed by atoms with E-state index in [1.807, 2.05) is 43.3 Å². The molecule has 3 aromatic rings. The summed E-state index contributed by atoms with van der Waals surface area (Å²) in [5, 5.41) is 0. The summed E-state index contributed by atoms with van der Waals surface area (Å²) >= 11 is 0. The van der Waals surface area contributed by atoms with Crippen LogP contribution in [0.4, 0.5) is 5.69 Å². The van der Waals surface area contributed by atoms with E-state index < -0.39 is 0 Å². The van der Waals surface area contributed by atoms with Gasteiger partial charge in [-0.25, -0.2) is 9.97 Å². The van der Waals surface area contributed by atoms with Crippen LogP contribution in [0.5, 0.6) is 11.6 Å². The number of rotatable bonds is 2. The SMILES string of the molecule is Cc1nc2ccccc2nc1Oc1ccc(N)cc1. The van der Waals surface area contributed by atoms with Crippen LogP contribution in [0.25, 0.3) is 11.0 Å². The Morgan fingerprint density at radius 2 is 1.53 bits per heavy atom. The Balaban J connectivity index is 2.00. The number of benzene rings is 2. The summed E-state index contributed by atoms with van der Waals surface area (Å²) in [6, 6.07) is 14.9. The minimum atomic E-state index is 0.517. The van der Waals surface area contributed by atoms with Crippen molar-refractivity contribution in [2.45, 2.75) is 6.92 Å². The van der Waals surface area contributed by atoms with Crippen LogP contribution < -0.4 is 10.5 Å². The summed E-state index contributed by atoms with van der Waals surface area (Å²) in [5.41, 5.74) is 8.79. The number of aryl methyl sites for hydroxylation is 1. The van der Waals surface area contributed by atoms with Gasteiger partial charge in [0.05, 0.1) is 11.0 Å². The van der Waals surface area contributed by atoms with Crippen LogP contribution >= 0.6 is 0 Å². The van der Waals surface area contributed by atoms with Gasteiger partial charge in [-0.2, -0.15) is 0 Å². The number of para-hydroxylation sites is 2. The molecular weight excluding hydrogens is 238 g/mol. The predicted molar refractivity (Wildman–Crippen MR) is 75.2 cm³/mol. The largest absolute Gasteiger partial charge is 0.437 e. The van der Waals surface area contributed by atoms with E-state index in [0.29, 0.717) is 17.3 Å². The Morgan fingerprint density at radius 1 is 0.895 bits per heavy atom. The van der Waals surface area contributed by atoms with Gasteiger partial charge in [-0.05, 0) is 43.3 Å². The third-order valence-electron chi connectivity index (χ3n) is 2.80. The highest BCUT2D eigenvalue weighted by atomic mass is 16.5. The van der Waals surface area contributed by atoms with Crippen molar-refractivity contribution in [1.82, 2.24) is 9.97 Å². The Kier molecular flexibility index (Phi) is 2.76. The van der Waals surface area contributed by atoms with Crippen molar-refractivity contribution >= 4 is 16.7 Å². The fourth-order valence-corrected chi connectivity index (χ4v) is 1.82. The fraction of sp³-hybridized carbons (Fsp3) is 0.0667. The first-order valence-corrected chi connectivity index (χ1v) is 5.99. The van der Waals surface area contributed by atoms with Gasteiger partial charge < -0.3 is 10.5 Å². The topological polar surface area (TPSA) is 61.0 Å². The average Bonchev–Trinajstić information content (AvgIpc) is 2.42. The van der Waals surface area contributed by atoms with E-state index in [-0.39, 0.29) is 0 Å². The van der Waals surface area contributed by atoms with Crippen LogP contribution in [0.15, 0.2) is 48.5 Å². The molecule has 1 aromatic heterocycles. The molecule has 0 fully saturated rings. The molecule has 19 heavy (non-hydrogen) atoms. The van der Waals surface area contributed by atoms with Crippen molar-refractivity contribution in [2.24, 2.45) is 0 Å². The summed E-state index contributed by atoms with van der Waals surface area (Å²) in [6.45, 7) is 1.88. The molecule has 0 spiro atoms. The second-order valence-electron chi connectivity index (χ2n) is 4.27. The lowest BCUT2D eigenvalue weighted by Gasteiger charge is -2.08. The third kappa shape index (κ3) is 2.33. The standard InChI is InChI=1S/C15H13N3O/c1-10-15(19-12-8-6-11(16)7-9-12)18-14-5-3-2-4-13(14)17-10/h2-9H,16H2,1H3. The summed E-state index contributed by atoms with van der Waals surface area (Å²) in [7, 11) is 0. The van der Waals surface area contributed by atoms with Gasteiger partial charge in [0.15, 0.2) is 0 Å². The molecular formula is C15H13N3O. The molecule has 0 bridgehead atoms. The van der Waals surface area contributed by atoms with Gasteiger partial charge in [-0.15, -0.1) is 0 Å². The van der Waals surface area contributed by atoms with Crippen molar-refractivity contribution < 1.29 is 4.74 Å². The third-order valence-corrected chi connectivity index (χ3v) is 2.80. The first kappa shape index (κ1) is 11.5. The highest BCUT2D eigenvalue weighted by molar-refractivity contribution is 5.74. The maximum atomic E-state index is 5.74. The number of ether oxygens (including phenoxy) is 1. The molecule has 1 heterocycles. The van der Waals surface area contributed by atoms with Crippen LogP contribution in [0, 0.1) is 6.92 Å². The Morgan fingerprint density at radius 3 is 2.21 bits per heavy atom. The lowest BCUT2D eigenvalue weighted by Crippen LogP contribution is -1.95. The molecule has 0 saturated heterocycles. The van der Waals surface area contributed by atoms with Gasteiger partial charge in [-0.1, -0.05) is 12.1 Å². The minimum Gasteiger partial charge on any atom is -0.437 e. The molecule has 4 nitrogen and oxygen atoms in total. The fourth-order valence-electron chi connectivity index (χ4n) is 1.82. The zero-order chi connectivity index (χ0) is 13.2. The number of aromatic nitrogens is 2. The number of anilines is 1. The van der Waals surface area contributed by atoms with Crippen LogP contribution in [-0.2, 0) is 0 Å². The monoisotopic (exact) mass is 251 g/mol. The van der Waals surface area contributed by atoms with Gasteiger partial charge in [-0.3, -0.25) is 0 Å². The van der Waals surface area contributed by atoms with Crippen molar-refractivity contribution in [3.63, 3.8) is 0 Å².